The van der Waals surface area contributed by atoms with Crippen molar-refractivity contribution in [1.82, 2.24) is 0 Å². The highest BCUT2D eigenvalue weighted by molar-refractivity contribution is 9.10. The van der Waals surface area contributed by atoms with E-state index in [9.17, 15) is 9.65 Å². The van der Waals surface area contributed by atoms with E-state index in [2.05, 4.69) is 28.9 Å². The SMILES string of the molecule is CCCC1CCC(C#N)C(Oc2ccc(Br)cc2F)C1. The maximum atomic E-state index is 13.8. The largest absolute Gasteiger partial charge is 0.486 e. The Labute approximate surface area is 128 Å². The molecule has 0 spiro atoms. The van der Waals surface area contributed by atoms with E-state index in [1.807, 2.05) is 0 Å². The van der Waals surface area contributed by atoms with E-state index in [4.69, 9.17) is 4.74 Å². The molecule has 2 nitrogen and oxygen atoms in total. The van der Waals surface area contributed by atoms with Crippen LogP contribution in [0.15, 0.2) is 22.7 Å². The number of halogens is 2. The summed E-state index contributed by atoms with van der Waals surface area (Å²) in [6.07, 6.45) is 4.88. The van der Waals surface area contributed by atoms with Gasteiger partial charge in [-0.05, 0) is 43.4 Å². The summed E-state index contributed by atoms with van der Waals surface area (Å²) in [4.78, 5) is 0. The van der Waals surface area contributed by atoms with Gasteiger partial charge < -0.3 is 4.74 Å². The monoisotopic (exact) mass is 339 g/mol. The highest BCUT2D eigenvalue weighted by Gasteiger charge is 2.32. The van der Waals surface area contributed by atoms with Crippen LogP contribution in [-0.2, 0) is 0 Å². The molecule has 1 aromatic carbocycles. The maximum absolute atomic E-state index is 13.8. The standard InChI is InChI=1S/C16H19BrFNO/c1-2-3-11-4-5-12(10-19)16(8-11)20-15-7-6-13(17)9-14(15)18/h6-7,9,11-12,16H,2-5,8H2,1H3. The molecular formula is C16H19BrFNO. The molecule has 1 fully saturated rings. The van der Waals surface area contributed by atoms with Crippen molar-refractivity contribution in [2.75, 3.05) is 0 Å². The fourth-order valence-corrected chi connectivity index (χ4v) is 3.23. The molecule has 0 aliphatic heterocycles. The summed E-state index contributed by atoms with van der Waals surface area (Å²) in [7, 11) is 0. The summed E-state index contributed by atoms with van der Waals surface area (Å²) in [5.74, 6) is 0.323. The predicted octanol–water partition coefficient (Wildman–Crippen LogP) is 5.08. The lowest BCUT2D eigenvalue weighted by Gasteiger charge is -2.33. The lowest BCUT2D eigenvalue weighted by molar-refractivity contribution is 0.0837. The molecular weight excluding hydrogens is 321 g/mol. The normalized spacial score (nSPS) is 26.0. The number of nitrogens with zero attached hydrogens (tertiary/aromatic N) is 1. The third-order valence-corrected chi connectivity index (χ3v) is 4.43. The lowest BCUT2D eigenvalue weighted by Crippen LogP contribution is -2.33. The highest BCUT2D eigenvalue weighted by Crippen LogP contribution is 2.35. The molecule has 0 aromatic heterocycles. The smallest absolute Gasteiger partial charge is 0.166 e. The molecule has 0 radical (unpaired) electrons. The summed E-state index contributed by atoms with van der Waals surface area (Å²) in [6.45, 7) is 2.17. The van der Waals surface area contributed by atoms with Gasteiger partial charge in [0.25, 0.3) is 0 Å². The Balaban J connectivity index is 2.09. The van der Waals surface area contributed by atoms with E-state index in [0.29, 0.717) is 10.4 Å². The first-order valence-electron chi connectivity index (χ1n) is 7.15. The first-order valence-corrected chi connectivity index (χ1v) is 7.94. The molecule has 0 N–H and O–H groups in total. The topological polar surface area (TPSA) is 33.0 Å². The quantitative estimate of drug-likeness (QED) is 0.766. The first-order chi connectivity index (χ1) is 9.63. The third-order valence-electron chi connectivity index (χ3n) is 3.94. The van der Waals surface area contributed by atoms with Crippen LogP contribution in [0.3, 0.4) is 0 Å². The van der Waals surface area contributed by atoms with Crippen LogP contribution in [-0.4, -0.2) is 6.10 Å². The minimum atomic E-state index is -0.381. The second kappa shape index (κ2) is 7.08. The van der Waals surface area contributed by atoms with Crippen molar-refractivity contribution < 1.29 is 9.13 Å². The van der Waals surface area contributed by atoms with Crippen LogP contribution in [0.4, 0.5) is 4.39 Å². The van der Waals surface area contributed by atoms with Gasteiger partial charge in [0.05, 0.1) is 12.0 Å². The van der Waals surface area contributed by atoms with Gasteiger partial charge in [0.1, 0.15) is 6.10 Å². The molecule has 1 aliphatic carbocycles. The van der Waals surface area contributed by atoms with Crippen LogP contribution in [0.2, 0.25) is 0 Å². The molecule has 1 aromatic rings. The van der Waals surface area contributed by atoms with Crippen LogP contribution >= 0.6 is 15.9 Å². The number of rotatable bonds is 4. The van der Waals surface area contributed by atoms with E-state index in [0.717, 1.165) is 32.1 Å². The van der Waals surface area contributed by atoms with E-state index >= 15 is 0 Å². The minimum absolute atomic E-state index is 0.133. The molecule has 0 saturated heterocycles. The zero-order chi connectivity index (χ0) is 14.5. The summed E-state index contributed by atoms with van der Waals surface area (Å²) < 4.78 is 20.3. The van der Waals surface area contributed by atoms with Gasteiger partial charge in [-0.2, -0.15) is 5.26 Å². The van der Waals surface area contributed by atoms with Gasteiger partial charge >= 0.3 is 0 Å². The van der Waals surface area contributed by atoms with Crippen molar-refractivity contribution in [3.63, 3.8) is 0 Å². The predicted molar refractivity (Wildman–Crippen MR) is 79.9 cm³/mol. The Morgan fingerprint density at radius 2 is 2.25 bits per heavy atom. The van der Waals surface area contributed by atoms with Crippen LogP contribution in [0.1, 0.15) is 39.0 Å². The Morgan fingerprint density at radius 3 is 2.90 bits per heavy atom. The second-order valence-corrected chi connectivity index (χ2v) is 6.35. The van der Waals surface area contributed by atoms with Crippen molar-refractivity contribution >= 4 is 15.9 Å². The van der Waals surface area contributed by atoms with Gasteiger partial charge in [0.2, 0.25) is 0 Å². The molecule has 0 amide bonds. The van der Waals surface area contributed by atoms with E-state index in [-0.39, 0.29) is 23.6 Å². The summed E-state index contributed by atoms with van der Waals surface area (Å²) in [5.41, 5.74) is 0. The average Bonchev–Trinajstić information content (AvgIpc) is 2.43. The molecule has 3 unspecified atom stereocenters. The van der Waals surface area contributed by atoms with Crippen LogP contribution in [0, 0.1) is 29.0 Å². The van der Waals surface area contributed by atoms with Gasteiger partial charge in [-0.3, -0.25) is 0 Å². The fraction of sp³-hybridized carbons (Fsp3) is 0.562. The Bertz CT molecular complexity index is 500. The molecule has 4 heteroatoms. The second-order valence-electron chi connectivity index (χ2n) is 5.43. The van der Waals surface area contributed by atoms with Gasteiger partial charge in [-0.25, -0.2) is 4.39 Å². The molecule has 0 bridgehead atoms. The van der Waals surface area contributed by atoms with Gasteiger partial charge in [0, 0.05) is 4.47 Å². The number of hydrogen-bond donors (Lipinski definition) is 0. The maximum Gasteiger partial charge on any atom is 0.166 e. The fourth-order valence-electron chi connectivity index (χ4n) is 2.89. The summed E-state index contributed by atoms with van der Waals surface area (Å²) in [5, 5.41) is 9.24. The highest BCUT2D eigenvalue weighted by atomic mass is 79.9. The Hall–Kier alpha value is -1.08. The third kappa shape index (κ3) is 3.73. The van der Waals surface area contributed by atoms with Crippen LogP contribution in [0.5, 0.6) is 5.75 Å². The molecule has 1 aliphatic rings. The van der Waals surface area contributed by atoms with Gasteiger partial charge in [-0.1, -0.05) is 35.7 Å². The van der Waals surface area contributed by atoms with Crippen LogP contribution in [0.25, 0.3) is 0 Å². The first kappa shape index (κ1) is 15.3. The zero-order valence-electron chi connectivity index (χ0n) is 11.6. The number of benzene rings is 1. The molecule has 0 heterocycles. The Kier molecular flexibility index (Phi) is 5.42. The molecule has 1 saturated carbocycles. The number of nitriles is 1. The average molecular weight is 340 g/mol. The van der Waals surface area contributed by atoms with Crippen LogP contribution < -0.4 is 4.74 Å². The molecule has 20 heavy (non-hydrogen) atoms. The van der Waals surface area contributed by atoms with Gasteiger partial charge in [-0.15, -0.1) is 0 Å². The van der Waals surface area contributed by atoms with E-state index in [1.165, 1.54) is 6.07 Å². The Morgan fingerprint density at radius 1 is 1.45 bits per heavy atom. The minimum Gasteiger partial charge on any atom is -0.486 e. The zero-order valence-corrected chi connectivity index (χ0v) is 13.2. The lowest BCUT2D eigenvalue weighted by atomic mass is 9.78. The summed E-state index contributed by atoms with van der Waals surface area (Å²) >= 11 is 3.23. The molecule has 3 atom stereocenters. The van der Waals surface area contributed by atoms with Crippen molar-refractivity contribution in [2.45, 2.75) is 45.1 Å². The van der Waals surface area contributed by atoms with Crippen molar-refractivity contribution in [2.24, 2.45) is 11.8 Å². The molecule has 108 valence electrons. The van der Waals surface area contributed by atoms with E-state index in [1.54, 1.807) is 12.1 Å². The number of ether oxygens (including phenoxy) is 1. The van der Waals surface area contributed by atoms with Crippen molar-refractivity contribution in [3.05, 3.63) is 28.5 Å². The summed E-state index contributed by atoms with van der Waals surface area (Å²) in [6, 6.07) is 7.08. The van der Waals surface area contributed by atoms with Crippen molar-refractivity contribution in [3.8, 4) is 11.8 Å². The van der Waals surface area contributed by atoms with Crippen molar-refractivity contribution in [1.29, 1.82) is 5.26 Å². The number of hydrogen-bond acceptors (Lipinski definition) is 2. The van der Waals surface area contributed by atoms with Gasteiger partial charge in [0.15, 0.2) is 11.6 Å². The van der Waals surface area contributed by atoms with E-state index < -0.39 is 0 Å². The molecule has 2 rings (SSSR count).